The maximum atomic E-state index is 6.06. The van der Waals surface area contributed by atoms with Crippen LogP contribution in [-0.4, -0.2) is 55.9 Å². The third-order valence-corrected chi connectivity index (χ3v) is 5.68. The summed E-state index contributed by atoms with van der Waals surface area (Å²) in [5.41, 5.74) is 14.9. The van der Waals surface area contributed by atoms with E-state index in [1.165, 1.54) is 0 Å². The van der Waals surface area contributed by atoms with Gasteiger partial charge in [0.2, 0.25) is 5.95 Å². The molecule has 154 valence electrons. The largest absolute Gasteiger partial charge is 0.495 e. The molecule has 1 fully saturated rings. The minimum absolute atomic E-state index is 0.139. The SMILES string of the molecule is COc1ccc(C2CCN(C(C)C)CC2)nc1Cn1ncc2nc(N)nc(N)c21. The van der Waals surface area contributed by atoms with Crippen LogP contribution in [0.3, 0.4) is 0 Å². The van der Waals surface area contributed by atoms with Crippen molar-refractivity contribution in [3.63, 3.8) is 0 Å². The van der Waals surface area contributed by atoms with Gasteiger partial charge in [-0.15, -0.1) is 0 Å². The lowest BCUT2D eigenvalue weighted by molar-refractivity contribution is 0.170. The molecule has 0 aliphatic carbocycles. The number of piperidine rings is 1. The van der Waals surface area contributed by atoms with Crippen LogP contribution in [0.15, 0.2) is 18.3 Å². The number of hydrogen-bond acceptors (Lipinski definition) is 8. The van der Waals surface area contributed by atoms with Crippen molar-refractivity contribution >= 4 is 22.8 Å². The predicted octanol–water partition coefficient (Wildman–Crippen LogP) is 2.03. The Morgan fingerprint density at radius 2 is 1.90 bits per heavy atom. The number of nitrogen functional groups attached to an aromatic ring is 2. The summed E-state index contributed by atoms with van der Waals surface area (Å²) in [5, 5.41) is 4.42. The van der Waals surface area contributed by atoms with Gasteiger partial charge in [0, 0.05) is 17.7 Å². The zero-order chi connectivity index (χ0) is 20.5. The Hall–Kier alpha value is -2.94. The zero-order valence-corrected chi connectivity index (χ0v) is 17.2. The van der Waals surface area contributed by atoms with Crippen LogP contribution in [0, 0.1) is 0 Å². The van der Waals surface area contributed by atoms with Gasteiger partial charge in [-0.3, -0.25) is 9.67 Å². The first-order chi connectivity index (χ1) is 14.0. The zero-order valence-electron chi connectivity index (χ0n) is 17.2. The number of nitrogens with two attached hydrogens (primary N) is 2. The van der Waals surface area contributed by atoms with Crippen molar-refractivity contribution in [1.29, 1.82) is 0 Å². The summed E-state index contributed by atoms with van der Waals surface area (Å²) in [7, 11) is 1.65. The minimum atomic E-state index is 0.139. The highest BCUT2D eigenvalue weighted by Gasteiger charge is 2.24. The number of nitrogens with zero attached hydrogens (tertiary/aromatic N) is 6. The molecule has 0 radical (unpaired) electrons. The molecule has 9 heteroatoms. The van der Waals surface area contributed by atoms with Gasteiger partial charge in [0.25, 0.3) is 0 Å². The molecule has 1 saturated heterocycles. The van der Waals surface area contributed by atoms with E-state index in [9.17, 15) is 0 Å². The van der Waals surface area contributed by atoms with Gasteiger partial charge in [-0.2, -0.15) is 10.1 Å². The van der Waals surface area contributed by atoms with Crippen molar-refractivity contribution in [2.75, 3.05) is 31.7 Å². The second kappa shape index (κ2) is 7.82. The average Bonchev–Trinajstić information content (AvgIpc) is 3.10. The highest BCUT2D eigenvalue weighted by molar-refractivity contribution is 5.85. The molecule has 3 aromatic heterocycles. The Kier molecular flexibility index (Phi) is 5.23. The highest BCUT2D eigenvalue weighted by atomic mass is 16.5. The summed E-state index contributed by atoms with van der Waals surface area (Å²) < 4.78 is 7.30. The molecule has 4 rings (SSSR count). The number of rotatable bonds is 5. The number of aromatic nitrogens is 5. The Morgan fingerprint density at radius 3 is 2.59 bits per heavy atom. The molecular weight excluding hydrogens is 368 g/mol. The van der Waals surface area contributed by atoms with E-state index >= 15 is 0 Å². The quantitative estimate of drug-likeness (QED) is 0.672. The van der Waals surface area contributed by atoms with Gasteiger partial charge in [0.05, 0.1) is 19.9 Å². The number of ether oxygens (including phenoxy) is 1. The Bertz CT molecular complexity index is 1010. The fourth-order valence-corrected chi connectivity index (χ4v) is 4.05. The van der Waals surface area contributed by atoms with Crippen LogP contribution in [0.2, 0.25) is 0 Å². The fraction of sp³-hybridized carbons (Fsp3) is 0.500. The predicted molar refractivity (Wildman–Crippen MR) is 113 cm³/mol. The molecule has 4 N–H and O–H groups in total. The molecule has 0 saturated carbocycles. The first kappa shape index (κ1) is 19.4. The lowest BCUT2D eigenvalue weighted by Gasteiger charge is -2.34. The number of anilines is 2. The molecule has 0 spiro atoms. The number of likely N-dealkylation sites (tertiary alicyclic amines) is 1. The minimum Gasteiger partial charge on any atom is -0.495 e. The summed E-state index contributed by atoms with van der Waals surface area (Å²) in [6, 6.07) is 4.66. The summed E-state index contributed by atoms with van der Waals surface area (Å²) in [6.07, 6.45) is 3.87. The molecule has 0 aromatic carbocycles. The van der Waals surface area contributed by atoms with Crippen LogP contribution in [0.25, 0.3) is 11.0 Å². The summed E-state index contributed by atoms with van der Waals surface area (Å²) in [6.45, 7) is 7.13. The number of fused-ring (bicyclic) bond motifs is 1. The van der Waals surface area contributed by atoms with Crippen molar-refractivity contribution in [3.05, 3.63) is 29.7 Å². The topological polar surface area (TPSA) is 121 Å². The van der Waals surface area contributed by atoms with Crippen molar-refractivity contribution in [2.45, 2.75) is 45.2 Å². The molecular formula is C20H28N8O. The molecule has 0 unspecified atom stereocenters. The van der Waals surface area contributed by atoms with Crippen molar-refractivity contribution in [2.24, 2.45) is 0 Å². The van der Waals surface area contributed by atoms with E-state index in [1.807, 2.05) is 6.07 Å². The van der Waals surface area contributed by atoms with Gasteiger partial charge < -0.3 is 21.1 Å². The van der Waals surface area contributed by atoms with E-state index in [4.69, 9.17) is 21.2 Å². The highest BCUT2D eigenvalue weighted by Crippen LogP contribution is 2.30. The molecule has 0 bridgehead atoms. The Balaban J connectivity index is 1.62. The molecule has 9 nitrogen and oxygen atoms in total. The summed E-state index contributed by atoms with van der Waals surface area (Å²) in [4.78, 5) is 15.7. The van der Waals surface area contributed by atoms with Crippen LogP contribution in [-0.2, 0) is 6.54 Å². The Labute approximate surface area is 170 Å². The normalized spacial score (nSPS) is 16.0. The van der Waals surface area contributed by atoms with E-state index in [0.717, 1.165) is 43.1 Å². The molecule has 1 aliphatic heterocycles. The van der Waals surface area contributed by atoms with Crippen LogP contribution in [0.5, 0.6) is 5.75 Å². The third kappa shape index (κ3) is 3.82. The van der Waals surface area contributed by atoms with Crippen LogP contribution in [0.1, 0.15) is 44.0 Å². The monoisotopic (exact) mass is 396 g/mol. The van der Waals surface area contributed by atoms with E-state index in [-0.39, 0.29) is 5.95 Å². The smallest absolute Gasteiger partial charge is 0.222 e. The molecule has 0 amide bonds. The molecule has 0 atom stereocenters. The first-order valence-electron chi connectivity index (χ1n) is 9.98. The van der Waals surface area contributed by atoms with Gasteiger partial charge in [-0.1, -0.05) is 0 Å². The average molecular weight is 396 g/mol. The van der Waals surface area contributed by atoms with Crippen LogP contribution >= 0.6 is 0 Å². The summed E-state index contributed by atoms with van der Waals surface area (Å²) >= 11 is 0. The summed E-state index contributed by atoms with van der Waals surface area (Å²) in [5.74, 6) is 1.63. The van der Waals surface area contributed by atoms with E-state index in [2.05, 4.69) is 39.9 Å². The number of methoxy groups -OCH3 is 1. The van der Waals surface area contributed by atoms with E-state index in [0.29, 0.717) is 35.4 Å². The second-order valence-electron chi connectivity index (χ2n) is 7.79. The van der Waals surface area contributed by atoms with Gasteiger partial charge in [-0.05, 0) is 51.9 Å². The Morgan fingerprint density at radius 1 is 1.14 bits per heavy atom. The molecule has 4 heterocycles. The molecule has 29 heavy (non-hydrogen) atoms. The second-order valence-corrected chi connectivity index (χ2v) is 7.79. The number of pyridine rings is 1. The maximum absolute atomic E-state index is 6.06. The van der Waals surface area contributed by atoms with E-state index < -0.39 is 0 Å². The van der Waals surface area contributed by atoms with Gasteiger partial charge >= 0.3 is 0 Å². The lowest BCUT2D eigenvalue weighted by Crippen LogP contribution is -2.38. The van der Waals surface area contributed by atoms with Crippen molar-refractivity contribution in [1.82, 2.24) is 29.6 Å². The molecule has 3 aromatic rings. The van der Waals surface area contributed by atoms with Gasteiger partial charge in [0.1, 0.15) is 22.5 Å². The van der Waals surface area contributed by atoms with Crippen LogP contribution < -0.4 is 16.2 Å². The maximum Gasteiger partial charge on any atom is 0.222 e. The van der Waals surface area contributed by atoms with E-state index in [1.54, 1.807) is 18.0 Å². The van der Waals surface area contributed by atoms with Crippen LogP contribution in [0.4, 0.5) is 11.8 Å². The first-order valence-corrected chi connectivity index (χ1v) is 9.98. The third-order valence-electron chi connectivity index (χ3n) is 5.68. The van der Waals surface area contributed by atoms with Crippen molar-refractivity contribution < 1.29 is 4.74 Å². The lowest BCUT2D eigenvalue weighted by atomic mass is 9.92. The number of hydrogen-bond donors (Lipinski definition) is 2. The van der Waals surface area contributed by atoms with Gasteiger partial charge in [0.15, 0.2) is 5.82 Å². The standard InChI is InChI=1S/C20H28N8O/c1-12(2)27-8-6-13(7-9-27)14-4-5-17(29-3)16(24-14)11-28-18-15(10-23-28)25-20(22)26-19(18)21/h4-5,10,12-13H,6-9,11H2,1-3H3,(H4,21,22,25,26). The fourth-order valence-electron chi connectivity index (χ4n) is 4.05. The van der Waals surface area contributed by atoms with Crippen molar-refractivity contribution in [3.8, 4) is 5.75 Å². The van der Waals surface area contributed by atoms with Gasteiger partial charge in [-0.25, -0.2) is 4.98 Å². The molecule has 1 aliphatic rings.